The van der Waals surface area contributed by atoms with Crippen LogP contribution in [0.2, 0.25) is 0 Å². The SMILES string of the molecule is CC(=O)Nc1ccc(O[C]=O)cc1. The number of benzene rings is 1. The molecule has 0 bridgehead atoms. The molecule has 1 aromatic carbocycles. The average molecular weight is 178 g/mol. The molecule has 4 nitrogen and oxygen atoms in total. The number of carbonyl (C=O) groups is 1. The van der Waals surface area contributed by atoms with E-state index >= 15 is 0 Å². The minimum absolute atomic E-state index is 0.143. The van der Waals surface area contributed by atoms with Gasteiger partial charge in [0, 0.05) is 12.6 Å². The summed E-state index contributed by atoms with van der Waals surface area (Å²) in [5, 5.41) is 2.58. The highest BCUT2D eigenvalue weighted by Gasteiger charge is 1.96. The summed E-state index contributed by atoms with van der Waals surface area (Å²) < 4.78 is 4.45. The van der Waals surface area contributed by atoms with Crippen LogP contribution in [0, 0.1) is 0 Å². The quantitative estimate of drug-likeness (QED) is 0.753. The molecule has 0 aromatic heterocycles. The second-order valence-electron chi connectivity index (χ2n) is 2.39. The Morgan fingerprint density at radius 3 is 2.46 bits per heavy atom. The fourth-order valence-corrected chi connectivity index (χ4v) is 0.858. The van der Waals surface area contributed by atoms with Crippen molar-refractivity contribution < 1.29 is 14.3 Å². The Morgan fingerprint density at radius 2 is 2.00 bits per heavy atom. The van der Waals surface area contributed by atoms with Crippen molar-refractivity contribution in [1.29, 1.82) is 0 Å². The van der Waals surface area contributed by atoms with Gasteiger partial charge in [-0.15, -0.1) is 0 Å². The van der Waals surface area contributed by atoms with Gasteiger partial charge in [0.2, 0.25) is 5.91 Å². The maximum atomic E-state index is 10.6. The first-order valence-electron chi connectivity index (χ1n) is 3.64. The molecule has 0 aliphatic heterocycles. The molecule has 1 rings (SSSR count). The van der Waals surface area contributed by atoms with Crippen molar-refractivity contribution in [3.63, 3.8) is 0 Å². The first-order chi connectivity index (χ1) is 6.22. The van der Waals surface area contributed by atoms with Crippen molar-refractivity contribution in [3.8, 4) is 5.75 Å². The molecule has 0 heterocycles. The van der Waals surface area contributed by atoms with Crippen LogP contribution in [-0.2, 0) is 9.59 Å². The summed E-state index contributed by atoms with van der Waals surface area (Å²) in [7, 11) is 0. The van der Waals surface area contributed by atoms with E-state index in [0.29, 0.717) is 11.4 Å². The molecule has 1 aromatic rings. The monoisotopic (exact) mass is 178 g/mol. The van der Waals surface area contributed by atoms with Crippen LogP contribution < -0.4 is 10.1 Å². The van der Waals surface area contributed by atoms with Gasteiger partial charge >= 0.3 is 6.47 Å². The second kappa shape index (κ2) is 4.25. The molecule has 0 aliphatic rings. The summed E-state index contributed by atoms with van der Waals surface area (Å²) in [6, 6.07) is 6.40. The van der Waals surface area contributed by atoms with Crippen molar-refractivity contribution >= 4 is 18.1 Å². The summed E-state index contributed by atoms with van der Waals surface area (Å²) in [5.41, 5.74) is 0.658. The summed E-state index contributed by atoms with van der Waals surface area (Å²) in [4.78, 5) is 20.4. The highest BCUT2D eigenvalue weighted by atomic mass is 16.5. The average Bonchev–Trinajstić information content (AvgIpc) is 2.08. The molecule has 0 fully saturated rings. The third-order valence-corrected chi connectivity index (χ3v) is 1.33. The van der Waals surface area contributed by atoms with Crippen molar-refractivity contribution in [3.05, 3.63) is 24.3 Å². The standard InChI is InChI=1S/C9H8NO3/c1-7(12)10-8-2-4-9(5-3-8)13-6-11/h2-5H,1H3,(H,10,12). The van der Waals surface area contributed by atoms with Crippen LogP contribution in [-0.4, -0.2) is 12.4 Å². The number of rotatable bonds is 3. The third-order valence-electron chi connectivity index (χ3n) is 1.33. The first kappa shape index (κ1) is 9.25. The van der Waals surface area contributed by atoms with Crippen molar-refractivity contribution in [2.24, 2.45) is 0 Å². The predicted octanol–water partition coefficient (Wildman–Crippen LogP) is 1.09. The lowest BCUT2D eigenvalue weighted by atomic mass is 10.3. The van der Waals surface area contributed by atoms with Crippen molar-refractivity contribution in [2.75, 3.05) is 5.32 Å². The normalized spacial score (nSPS) is 9.00. The Morgan fingerprint density at radius 1 is 1.38 bits per heavy atom. The minimum Gasteiger partial charge on any atom is -0.418 e. The Balaban J connectivity index is 2.69. The zero-order valence-electron chi connectivity index (χ0n) is 7.03. The van der Waals surface area contributed by atoms with Crippen LogP contribution in [0.3, 0.4) is 0 Å². The molecule has 67 valence electrons. The lowest BCUT2D eigenvalue weighted by Crippen LogP contribution is -2.05. The summed E-state index contributed by atoms with van der Waals surface area (Å²) in [5.74, 6) is 0.250. The Bertz CT molecular complexity index is 305. The highest BCUT2D eigenvalue weighted by Crippen LogP contribution is 2.14. The molecular formula is C9H8NO3. The maximum absolute atomic E-state index is 10.6. The lowest BCUT2D eigenvalue weighted by Gasteiger charge is -2.01. The first-order valence-corrected chi connectivity index (χ1v) is 3.64. The molecule has 1 amide bonds. The molecule has 0 saturated heterocycles. The molecule has 4 heteroatoms. The van der Waals surface area contributed by atoms with Crippen molar-refractivity contribution in [1.82, 2.24) is 0 Å². The van der Waals surface area contributed by atoms with E-state index in [1.807, 2.05) is 0 Å². The largest absolute Gasteiger partial charge is 0.423 e. The van der Waals surface area contributed by atoms with Gasteiger partial charge in [0.1, 0.15) is 5.75 Å². The Kier molecular flexibility index (Phi) is 3.03. The van der Waals surface area contributed by atoms with E-state index in [1.165, 1.54) is 13.4 Å². The topological polar surface area (TPSA) is 55.4 Å². The van der Waals surface area contributed by atoms with E-state index in [4.69, 9.17) is 0 Å². The molecule has 1 N–H and O–H groups in total. The predicted molar refractivity (Wildman–Crippen MR) is 47.1 cm³/mol. The van der Waals surface area contributed by atoms with E-state index in [9.17, 15) is 9.59 Å². The van der Waals surface area contributed by atoms with Gasteiger partial charge in [-0.1, -0.05) is 0 Å². The van der Waals surface area contributed by atoms with Crippen LogP contribution in [0.15, 0.2) is 24.3 Å². The highest BCUT2D eigenvalue weighted by molar-refractivity contribution is 5.88. The van der Waals surface area contributed by atoms with Gasteiger partial charge in [-0.2, -0.15) is 0 Å². The van der Waals surface area contributed by atoms with Gasteiger partial charge in [0.25, 0.3) is 0 Å². The summed E-state index contributed by atoms with van der Waals surface area (Å²) in [6.45, 7) is 2.73. The van der Waals surface area contributed by atoms with Crippen LogP contribution in [0.25, 0.3) is 0 Å². The number of hydrogen-bond acceptors (Lipinski definition) is 3. The van der Waals surface area contributed by atoms with Crippen molar-refractivity contribution in [2.45, 2.75) is 6.92 Å². The van der Waals surface area contributed by atoms with Gasteiger partial charge < -0.3 is 10.1 Å². The number of ether oxygens (including phenoxy) is 1. The van der Waals surface area contributed by atoms with E-state index in [0.717, 1.165) is 0 Å². The summed E-state index contributed by atoms with van der Waals surface area (Å²) in [6.07, 6.45) is 0. The van der Waals surface area contributed by atoms with E-state index in [-0.39, 0.29) is 5.91 Å². The number of carbonyl (C=O) groups excluding carboxylic acids is 2. The minimum atomic E-state index is -0.143. The third kappa shape index (κ3) is 2.94. The molecule has 0 spiro atoms. The van der Waals surface area contributed by atoms with Gasteiger partial charge in [0.15, 0.2) is 0 Å². The molecule has 13 heavy (non-hydrogen) atoms. The summed E-state index contributed by atoms with van der Waals surface area (Å²) >= 11 is 0. The second-order valence-corrected chi connectivity index (χ2v) is 2.39. The van der Waals surface area contributed by atoms with Gasteiger partial charge in [0.05, 0.1) is 0 Å². The maximum Gasteiger partial charge on any atom is 0.423 e. The molecule has 0 aliphatic carbocycles. The van der Waals surface area contributed by atoms with E-state index in [1.54, 1.807) is 24.3 Å². The van der Waals surface area contributed by atoms with E-state index < -0.39 is 0 Å². The molecule has 1 radical (unpaired) electrons. The fraction of sp³-hybridized carbons (Fsp3) is 0.111. The zero-order chi connectivity index (χ0) is 9.68. The number of hydrogen-bond donors (Lipinski definition) is 1. The molecule has 0 unspecified atom stereocenters. The van der Waals surface area contributed by atoms with Crippen LogP contribution in [0.1, 0.15) is 6.92 Å². The number of nitrogens with one attached hydrogen (secondary N) is 1. The molecule has 0 saturated carbocycles. The molecular weight excluding hydrogens is 170 g/mol. The fourth-order valence-electron chi connectivity index (χ4n) is 0.858. The van der Waals surface area contributed by atoms with Crippen LogP contribution in [0.5, 0.6) is 5.75 Å². The number of anilines is 1. The van der Waals surface area contributed by atoms with Gasteiger partial charge in [-0.05, 0) is 24.3 Å². The zero-order valence-corrected chi connectivity index (χ0v) is 7.03. The smallest absolute Gasteiger partial charge is 0.418 e. The van der Waals surface area contributed by atoms with E-state index in [2.05, 4.69) is 10.1 Å². The van der Waals surface area contributed by atoms with Crippen LogP contribution >= 0.6 is 0 Å². The van der Waals surface area contributed by atoms with Crippen LogP contribution in [0.4, 0.5) is 5.69 Å². The van der Waals surface area contributed by atoms with Gasteiger partial charge in [-0.25, -0.2) is 4.79 Å². The van der Waals surface area contributed by atoms with Gasteiger partial charge in [-0.3, -0.25) is 4.79 Å². The lowest BCUT2D eigenvalue weighted by molar-refractivity contribution is -0.114. The molecule has 0 atom stereocenters. The Hall–Kier alpha value is -1.84. The number of amides is 1. The Labute approximate surface area is 75.5 Å².